The summed E-state index contributed by atoms with van der Waals surface area (Å²) < 4.78 is 56.8. The maximum absolute atomic E-state index is 13.4. The van der Waals surface area contributed by atoms with Crippen LogP contribution in [0.1, 0.15) is 27.0 Å². The number of rotatable bonds is 8. The van der Waals surface area contributed by atoms with Gasteiger partial charge < -0.3 is 24.8 Å². The smallest absolute Gasteiger partial charge is 0.370 e. The molecule has 2 amide bonds. The number of amides is 2. The lowest BCUT2D eigenvalue weighted by Crippen LogP contribution is -2.46. The predicted octanol–water partition coefficient (Wildman–Crippen LogP) is 4.34. The second kappa shape index (κ2) is 12.0. The molecular weight excluding hydrogens is 525 g/mol. The van der Waals surface area contributed by atoms with Crippen molar-refractivity contribution in [1.82, 2.24) is 10.6 Å². The van der Waals surface area contributed by atoms with E-state index in [1.165, 1.54) is 18.2 Å². The Balaban J connectivity index is 1.28. The molecule has 0 spiro atoms. The second-order valence-electron chi connectivity index (χ2n) is 9.51. The van der Waals surface area contributed by atoms with Crippen molar-refractivity contribution in [3.05, 3.63) is 113 Å². The molecule has 2 saturated heterocycles. The molecule has 0 aromatic heterocycles. The minimum Gasteiger partial charge on any atom is -0.370 e. The Hall–Kier alpha value is -3.99. The number of nitrogens with one attached hydrogen (secondary N) is 2. The van der Waals surface area contributed by atoms with Gasteiger partial charge in [0.1, 0.15) is 24.0 Å². The third-order valence-corrected chi connectivity index (χ3v) is 6.71. The minimum atomic E-state index is -4.49. The molecule has 10 heteroatoms. The molecule has 40 heavy (non-hydrogen) atoms. The summed E-state index contributed by atoms with van der Waals surface area (Å²) in [6.45, 7) is 0.865. The number of alkyl halides is 3. The van der Waals surface area contributed by atoms with Crippen molar-refractivity contribution in [3.63, 3.8) is 0 Å². The first-order valence-electron chi connectivity index (χ1n) is 12.7. The molecule has 3 aromatic rings. The van der Waals surface area contributed by atoms with Crippen LogP contribution in [0.15, 0.2) is 90.6 Å². The third-order valence-electron chi connectivity index (χ3n) is 6.71. The summed E-state index contributed by atoms with van der Waals surface area (Å²) in [7, 11) is 0. The van der Waals surface area contributed by atoms with E-state index < -0.39 is 35.7 Å². The Labute approximate surface area is 228 Å². The molecule has 3 aromatic carbocycles. The van der Waals surface area contributed by atoms with Gasteiger partial charge in [-0.15, -0.1) is 0 Å². The summed E-state index contributed by atoms with van der Waals surface area (Å²) in [6.07, 6.45) is -4.32. The van der Waals surface area contributed by atoms with Crippen LogP contribution in [0.5, 0.6) is 0 Å². The fourth-order valence-electron chi connectivity index (χ4n) is 4.63. The molecule has 7 nitrogen and oxygen atoms in total. The lowest BCUT2D eigenvalue weighted by Gasteiger charge is -2.19. The van der Waals surface area contributed by atoms with Gasteiger partial charge >= 0.3 is 6.18 Å². The Morgan fingerprint density at radius 3 is 2.20 bits per heavy atom. The highest BCUT2D eigenvalue weighted by atomic mass is 19.4. The fourth-order valence-corrected chi connectivity index (χ4v) is 4.63. The summed E-state index contributed by atoms with van der Waals surface area (Å²) in [5.41, 5.74) is 0.683. The summed E-state index contributed by atoms with van der Waals surface area (Å²) in [5.74, 6) is -1.17. The third kappa shape index (κ3) is 6.59. The van der Waals surface area contributed by atoms with Gasteiger partial charge in [-0.05, 0) is 41.5 Å². The fraction of sp³-hybridized carbons (Fsp3) is 0.267. The van der Waals surface area contributed by atoms with Crippen LogP contribution in [0.3, 0.4) is 0 Å². The maximum atomic E-state index is 13.4. The van der Waals surface area contributed by atoms with E-state index in [2.05, 4.69) is 10.6 Å². The summed E-state index contributed by atoms with van der Waals surface area (Å²) in [4.78, 5) is 26.2. The maximum Gasteiger partial charge on any atom is 0.416 e. The van der Waals surface area contributed by atoms with Crippen LogP contribution in [0.2, 0.25) is 0 Å². The van der Waals surface area contributed by atoms with E-state index >= 15 is 0 Å². The van der Waals surface area contributed by atoms with Gasteiger partial charge in [0.05, 0.1) is 31.4 Å². The van der Waals surface area contributed by atoms with Crippen molar-refractivity contribution in [3.8, 4) is 0 Å². The van der Waals surface area contributed by atoms with Crippen LogP contribution < -0.4 is 10.6 Å². The van der Waals surface area contributed by atoms with E-state index in [0.29, 0.717) is 24.3 Å². The number of carbonyl (C=O) groups is 2. The van der Waals surface area contributed by atoms with Crippen LogP contribution in [0, 0.1) is 0 Å². The Bertz CT molecular complexity index is 1350. The van der Waals surface area contributed by atoms with Crippen molar-refractivity contribution in [2.75, 3.05) is 13.2 Å². The van der Waals surface area contributed by atoms with Gasteiger partial charge in [0.15, 0.2) is 0 Å². The van der Waals surface area contributed by atoms with E-state index in [4.69, 9.17) is 14.2 Å². The zero-order valence-electron chi connectivity index (χ0n) is 21.3. The number of hydrogen-bond acceptors (Lipinski definition) is 5. The molecule has 4 atom stereocenters. The number of ether oxygens (including phenoxy) is 3. The number of hydrogen-bond donors (Lipinski definition) is 2. The normalized spacial score (nSPS) is 22.5. The topological polar surface area (TPSA) is 85.9 Å². The van der Waals surface area contributed by atoms with Crippen molar-refractivity contribution in [2.24, 2.45) is 0 Å². The molecule has 2 aliphatic heterocycles. The van der Waals surface area contributed by atoms with Crippen molar-refractivity contribution in [1.29, 1.82) is 0 Å². The lowest BCUT2D eigenvalue weighted by molar-refractivity contribution is -0.137. The quantitative estimate of drug-likeness (QED) is 0.406. The summed E-state index contributed by atoms with van der Waals surface area (Å²) in [6, 6.07) is 21.7. The Morgan fingerprint density at radius 2 is 1.52 bits per heavy atom. The zero-order valence-corrected chi connectivity index (χ0v) is 21.3. The zero-order chi connectivity index (χ0) is 28.1. The molecular formula is C30H27F3N2O5. The van der Waals surface area contributed by atoms with Crippen LogP contribution in [0.4, 0.5) is 13.2 Å². The molecule has 0 aliphatic carbocycles. The van der Waals surface area contributed by atoms with Gasteiger partial charge in [0.2, 0.25) is 0 Å². The predicted molar refractivity (Wildman–Crippen MR) is 140 cm³/mol. The Kier molecular flexibility index (Phi) is 8.29. The first kappa shape index (κ1) is 27.6. The van der Waals surface area contributed by atoms with Crippen LogP contribution in [0.25, 0.3) is 6.08 Å². The van der Waals surface area contributed by atoms with Gasteiger partial charge in [-0.1, -0.05) is 60.7 Å². The average Bonchev–Trinajstić information content (AvgIpc) is 3.55. The number of fused-ring (bicyclic) bond motifs is 1. The number of halogens is 3. The Morgan fingerprint density at radius 1 is 0.875 bits per heavy atom. The highest BCUT2D eigenvalue weighted by Gasteiger charge is 2.49. The van der Waals surface area contributed by atoms with Crippen LogP contribution in [-0.2, 0) is 31.8 Å². The molecule has 2 fully saturated rings. The molecule has 5 rings (SSSR count). The lowest BCUT2D eigenvalue weighted by atomic mass is 10.1. The standard InChI is InChI=1S/C30H27F3N2O5/c31-30(32,33)22-13-11-19(12-14-22)15-23(34-28(36)21-9-5-2-6-10-21)29(37)35-24-17-39-27-25(18-40-26(24)27)38-16-20-7-3-1-4-8-20/h1-15,24-27H,16-18H2,(H,34,36)(H,35,37)/b23-15-/t24-,25+,26+,27+/m0/s1. The SMILES string of the molecule is O=C(N[C@H]1CO[C@H]2[C@@H]1OC[C@H]2OCc1ccccc1)/C(=C/c1ccc(C(F)(F)F)cc1)NC(=O)c1ccccc1. The van der Waals surface area contributed by atoms with Crippen molar-refractivity contribution < 1.29 is 37.0 Å². The van der Waals surface area contributed by atoms with E-state index in [-0.39, 0.29) is 24.5 Å². The van der Waals surface area contributed by atoms with E-state index in [9.17, 15) is 22.8 Å². The molecule has 0 saturated carbocycles. The van der Waals surface area contributed by atoms with Gasteiger partial charge in [-0.2, -0.15) is 13.2 Å². The van der Waals surface area contributed by atoms with Gasteiger partial charge in [0.25, 0.3) is 11.8 Å². The molecule has 0 radical (unpaired) electrons. The van der Waals surface area contributed by atoms with Crippen LogP contribution in [-0.4, -0.2) is 49.4 Å². The largest absolute Gasteiger partial charge is 0.416 e. The van der Waals surface area contributed by atoms with Crippen molar-refractivity contribution in [2.45, 2.75) is 37.1 Å². The first-order chi connectivity index (χ1) is 19.3. The first-order valence-corrected chi connectivity index (χ1v) is 12.7. The molecule has 2 N–H and O–H groups in total. The van der Waals surface area contributed by atoms with E-state index in [1.54, 1.807) is 30.3 Å². The molecule has 0 bridgehead atoms. The van der Waals surface area contributed by atoms with E-state index in [1.807, 2.05) is 30.3 Å². The highest BCUT2D eigenvalue weighted by Crippen LogP contribution is 2.31. The monoisotopic (exact) mass is 552 g/mol. The van der Waals surface area contributed by atoms with Gasteiger partial charge in [-0.25, -0.2) is 0 Å². The number of benzene rings is 3. The van der Waals surface area contributed by atoms with Crippen molar-refractivity contribution >= 4 is 17.9 Å². The molecule has 208 valence electrons. The van der Waals surface area contributed by atoms with Gasteiger partial charge in [0, 0.05) is 5.56 Å². The highest BCUT2D eigenvalue weighted by molar-refractivity contribution is 6.05. The average molecular weight is 553 g/mol. The summed E-state index contributed by atoms with van der Waals surface area (Å²) in [5, 5.41) is 5.44. The molecule has 2 heterocycles. The number of carbonyl (C=O) groups excluding carboxylic acids is 2. The van der Waals surface area contributed by atoms with Crippen LogP contribution >= 0.6 is 0 Å². The second-order valence-corrected chi connectivity index (χ2v) is 9.51. The summed E-state index contributed by atoms with van der Waals surface area (Å²) >= 11 is 0. The molecule has 0 unspecified atom stereocenters. The van der Waals surface area contributed by atoms with E-state index in [0.717, 1.165) is 17.7 Å². The van der Waals surface area contributed by atoms with Gasteiger partial charge in [-0.3, -0.25) is 9.59 Å². The molecule has 2 aliphatic rings. The minimum absolute atomic E-state index is 0.132.